The molecule has 1 aromatic heterocycles. The second kappa shape index (κ2) is 7.56. The topological polar surface area (TPSA) is 76.6 Å². The van der Waals surface area contributed by atoms with Crippen LogP contribution in [0.5, 0.6) is 0 Å². The fourth-order valence-corrected chi connectivity index (χ4v) is 5.10. The van der Waals surface area contributed by atoms with E-state index in [9.17, 15) is 9.18 Å². The molecule has 1 N–H and O–H groups in total. The van der Waals surface area contributed by atoms with Gasteiger partial charge in [-0.1, -0.05) is 20.8 Å². The number of halogens is 2. The molecule has 31 heavy (non-hydrogen) atoms. The van der Waals surface area contributed by atoms with Crippen molar-refractivity contribution in [3.63, 3.8) is 0 Å². The molecule has 1 aliphatic heterocycles. The number of aromatic nitrogens is 2. The van der Waals surface area contributed by atoms with Crippen LogP contribution >= 0.6 is 11.6 Å². The van der Waals surface area contributed by atoms with Gasteiger partial charge in [-0.3, -0.25) is 0 Å². The summed E-state index contributed by atoms with van der Waals surface area (Å²) >= 11 is 5.92. The van der Waals surface area contributed by atoms with Crippen LogP contribution < -0.4 is 10.2 Å². The van der Waals surface area contributed by atoms with Gasteiger partial charge in [-0.2, -0.15) is 4.98 Å². The maximum absolute atomic E-state index is 14.5. The van der Waals surface area contributed by atoms with Crippen molar-refractivity contribution in [1.29, 1.82) is 0 Å². The van der Waals surface area contributed by atoms with E-state index in [4.69, 9.17) is 20.8 Å². The number of carbonyl (C=O) groups is 1. The smallest absolute Gasteiger partial charge is 0.408 e. The van der Waals surface area contributed by atoms with Gasteiger partial charge in [-0.25, -0.2) is 14.2 Å². The average molecular weight is 473 g/mol. The second-order valence-electron chi connectivity index (χ2n) is 11.4. The third-order valence-corrected chi connectivity index (χ3v) is 11.4. The van der Waals surface area contributed by atoms with E-state index in [0.29, 0.717) is 19.7 Å². The van der Waals surface area contributed by atoms with Crippen molar-refractivity contribution in [2.24, 2.45) is 5.41 Å². The van der Waals surface area contributed by atoms with E-state index in [1.165, 1.54) is 0 Å². The van der Waals surface area contributed by atoms with Crippen LogP contribution in [-0.4, -0.2) is 55.2 Å². The maximum atomic E-state index is 14.5. The summed E-state index contributed by atoms with van der Waals surface area (Å²) in [5.41, 5.74) is -1.52. The van der Waals surface area contributed by atoms with Gasteiger partial charge in [-0.05, 0) is 56.9 Å². The molecule has 0 spiro atoms. The van der Waals surface area contributed by atoms with Crippen LogP contribution in [-0.2, 0) is 9.16 Å². The summed E-state index contributed by atoms with van der Waals surface area (Å²) in [6.45, 7) is 17.8. The van der Waals surface area contributed by atoms with Crippen LogP contribution in [0.4, 0.5) is 15.0 Å². The second-order valence-corrected chi connectivity index (χ2v) is 16.5. The zero-order chi connectivity index (χ0) is 23.5. The van der Waals surface area contributed by atoms with Crippen LogP contribution in [0.3, 0.4) is 0 Å². The first-order chi connectivity index (χ1) is 14.0. The highest BCUT2D eigenvalue weighted by Gasteiger charge is 2.74. The third-order valence-electron chi connectivity index (χ3n) is 6.74. The largest absolute Gasteiger partial charge is 0.444 e. The van der Waals surface area contributed by atoms with E-state index < -0.39 is 31.4 Å². The average Bonchev–Trinajstić information content (AvgIpc) is 3.06. The van der Waals surface area contributed by atoms with Crippen molar-refractivity contribution in [3.05, 3.63) is 17.3 Å². The lowest BCUT2D eigenvalue weighted by molar-refractivity contribution is 0.0485. The number of alkyl carbamates (subject to hydrolysis) is 1. The minimum Gasteiger partial charge on any atom is -0.444 e. The molecule has 2 atom stereocenters. The predicted octanol–water partition coefficient (Wildman–Crippen LogP) is 4.76. The molecule has 1 aliphatic carbocycles. The monoisotopic (exact) mass is 472 g/mol. The Morgan fingerprint density at radius 3 is 2.52 bits per heavy atom. The number of fused-ring (bicyclic) bond motifs is 1. The number of nitrogens with one attached hydrogen (secondary N) is 1. The van der Waals surface area contributed by atoms with Gasteiger partial charge in [0.25, 0.3) is 0 Å². The van der Waals surface area contributed by atoms with Crippen molar-refractivity contribution in [3.8, 4) is 0 Å². The Kier molecular flexibility index (Phi) is 5.90. The van der Waals surface area contributed by atoms with E-state index in [0.717, 1.165) is 12.6 Å². The summed E-state index contributed by atoms with van der Waals surface area (Å²) in [5.74, 6) is -0.400. The zero-order valence-corrected chi connectivity index (χ0v) is 21.5. The Labute approximate surface area is 190 Å². The first kappa shape index (κ1) is 24.2. The lowest BCUT2D eigenvalue weighted by Gasteiger charge is -2.37. The molecule has 1 amide bonds. The quantitative estimate of drug-likeness (QED) is 0.491. The van der Waals surface area contributed by atoms with Crippen LogP contribution in [0.1, 0.15) is 48.0 Å². The van der Waals surface area contributed by atoms with E-state index in [1.807, 2.05) is 25.7 Å². The van der Waals surface area contributed by atoms with Crippen molar-refractivity contribution < 1.29 is 18.3 Å². The van der Waals surface area contributed by atoms with Crippen LogP contribution in [0.2, 0.25) is 23.4 Å². The molecule has 0 bridgehead atoms. The van der Waals surface area contributed by atoms with Gasteiger partial charge in [0.2, 0.25) is 5.28 Å². The van der Waals surface area contributed by atoms with Gasteiger partial charge < -0.3 is 19.4 Å². The Morgan fingerprint density at radius 2 is 1.94 bits per heavy atom. The number of nitrogens with zero attached hydrogens (tertiary/aromatic N) is 3. The SMILES string of the molecule is CC(C)(C)OC(=O)NC12CN(c3nc(Cl)ncc3F)CC1(CO[Si](C)(C)C(C)(C)C)C2. The summed E-state index contributed by atoms with van der Waals surface area (Å²) < 4.78 is 26.5. The molecule has 2 unspecified atom stereocenters. The molecule has 2 heterocycles. The third kappa shape index (κ3) is 4.83. The van der Waals surface area contributed by atoms with Gasteiger partial charge in [0.05, 0.1) is 11.7 Å². The molecule has 2 aliphatic rings. The van der Waals surface area contributed by atoms with Crippen molar-refractivity contribution >= 4 is 31.8 Å². The van der Waals surface area contributed by atoms with Gasteiger partial charge >= 0.3 is 6.09 Å². The number of amides is 1. The Morgan fingerprint density at radius 1 is 1.29 bits per heavy atom. The van der Waals surface area contributed by atoms with Crippen molar-refractivity contribution in [1.82, 2.24) is 15.3 Å². The highest BCUT2D eigenvalue weighted by Crippen LogP contribution is 2.62. The first-order valence-electron chi connectivity index (χ1n) is 10.6. The summed E-state index contributed by atoms with van der Waals surface area (Å²) in [6, 6.07) is 0. The minimum absolute atomic E-state index is 0.0160. The molecule has 174 valence electrons. The lowest BCUT2D eigenvalue weighted by Crippen LogP contribution is -2.47. The molecule has 1 saturated carbocycles. The number of anilines is 1. The molecule has 0 radical (unpaired) electrons. The minimum atomic E-state index is -2.01. The molecule has 1 aromatic rings. The first-order valence-corrected chi connectivity index (χ1v) is 13.9. The Hall–Kier alpha value is -1.45. The fraction of sp³-hybridized carbons (Fsp3) is 0.762. The maximum Gasteiger partial charge on any atom is 0.408 e. The highest BCUT2D eigenvalue weighted by atomic mass is 35.5. The standard InChI is InChI=1S/C21H34ClFN4O3Si/c1-18(2,3)30-17(28)26-21-10-20(21,13-29-31(7,8)19(4,5)6)11-27(12-21)15-14(23)9-24-16(22)25-15/h9H,10-13H2,1-8H3,(H,26,28). The molecular formula is C21H34ClFN4O3Si. The molecule has 7 nitrogen and oxygen atoms in total. The number of hydrogen-bond acceptors (Lipinski definition) is 6. The summed E-state index contributed by atoms with van der Waals surface area (Å²) in [5, 5.41) is 3.11. The van der Waals surface area contributed by atoms with Gasteiger partial charge in [-0.15, -0.1) is 0 Å². The molecule has 2 fully saturated rings. The molecule has 3 rings (SSSR count). The Balaban J connectivity index is 1.85. The van der Waals surface area contributed by atoms with E-state index in [1.54, 1.807) is 0 Å². The number of piperidine rings is 1. The van der Waals surface area contributed by atoms with Crippen molar-refractivity contribution in [2.45, 2.75) is 77.2 Å². The van der Waals surface area contributed by atoms with E-state index in [2.05, 4.69) is 49.1 Å². The van der Waals surface area contributed by atoms with Crippen LogP contribution in [0.15, 0.2) is 6.20 Å². The number of ether oxygens (including phenoxy) is 1. The number of hydrogen-bond donors (Lipinski definition) is 1. The highest BCUT2D eigenvalue weighted by molar-refractivity contribution is 6.74. The van der Waals surface area contributed by atoms with Gasteiger partial charge in [0, 0.05) is 25.1 Å². The summed E-state index contributed by atoms with van der Waals surface area (Å²) in [4.78, 5) is 22.2. The molecule has 0 aromatic carbocycles. The molecule has 1 saturated heterocycles. The zero-order valence-electron chi connectivity index (χ0n) is 19.7. The normalized spacial score (nSPS) is 25.9. The summed E-state index contributed by atoms with van der Waals surface area (Å²) in [7, 11) is -2.01. The summed E-state index contributed by atoms with van der Waals surface area (Å²) in [6.07, 6.45) is 1.33. The molecular weight excluding hydrogens is 439 g/mol. The molecule has 10 heteroatoms. The van der Waals surface area contributed by atoms with Gasteiger partial charge in [0.15, 0.2) is 20.0 Å². The van der Waals surface area contributed by atoms with E-state index >= 15 is 0 Å². The fourth-order valence-electron chi connectivity index (χ4n) is 3.91. The van der Waals surface area contributed by atoms with Crippen LogP contribution in [0, 0.1) is 11.2 Å². The number of carbonyl (C=O) groups excluding carboxylic acids is 1. The lowest BCUT2D eigenvalue weighted by atomic mass is 10.1. The van der Waals surface area contributed by atoms with Crippen molar-refractivity contribution in [2.75, 3.05) is 24.6 Å². The van der Waals surface area contributed by atoms with Crippen LogP contribution in [0.25, 0.3) is 0 Å². The Bertz CT molecular complexity index is 873. The van der Waals surface area contributed by atoms with E-state index in [-0.39, 0.29) is 21.6 Å². The predicted molar refractivity (Wildman–Crippen MR) is 122 cm³/mol. The van der Waals surface area contributed by atoms with Gasteiger partial charge in [0.1, 0.15) is 5.60 Å². The number of rotatable bonds is 5.